The zero-order chi connectivity index (χ0) is 22.9. The maximum atomic E-state index is 13.4. The van der Waals surface area contributed by atoms with E-state index in [9.17, 15) is 18.0 Å². The van der Waals surface area contributed by atoms with E-state index >= 15 is 0 Å². The SMILES string of the molecule is CCc1ccc2c(c1)-c1ccccc1S(=O)(=O)N2CC(=O)Nc1ccccc1C(=O)OC. The van der Waals surface area contributed by atoms with Crippen LogP contribution in [0.4, 0.5) is 11.4 Å². The van der Waals surface area contributed by atoms with Crippen LogP contribution in [-0.4, -0.2) is 33.9 Å². The van der Waals surface area contributed by atoms with Gasteiger partial charge in [0.2, 0.25) is 5.91 Å². The first-order valence-electron chi connectivity index (χ1n) is 10.1. The van der Waals surface area contributed by atoms with Crippen molar-refractivity contribution in [2.45, 2.75) is 18.2 Å². The number of carbonyl (C=O) groups is 2. The Kier molecular flexibility index (Phi) is 5.71. The number of fused-ring (bicyclic) bond motifs is 3. The van der Waals surface area contributed by atoms with E-state index in [-0.39, 0.29) is 16.1 Å². The second kappa shape index (κ2) is 8.47. The summed E-state index contributed by atoms with van der Waals surface area (Å²) in [4.78, 5) is 25.1. The molecule has 1 aliphatic rings. The molecule has 3 aromatic rings. The van der Waals surface area contributed by atoms with Gasteiger partial charge in [-0.15, -0.1) is 0 Å². The van der Waals surface area contributed by atoms with E-state index in [4.69, 9.17) is 4.74 Å². The van der Waals surface area contributed by atoms with Gasteiger partial charge in [-0.25, -0.2) is 13.2 Å². The average molecular weight is 451 g/mol. The highest BCUT2D eigenvalue weighted by Crippen LogP contribution is 2.43. The molecular formula is C24H22N2O5S. The molecule has 0 bridgehead atoms. The fourth-order valence-electron chi connectivity index (χ4n) is 3.77. The molecule has 1 amide bonds. The molecule has 1 N–H and O–H groups in total. The molecule has 8 heteroatoms. The van der Waals surface area contributed by atoms with Crippen LogP contribution in [0.3, 0.4) is 0 Å². The van der Waals surface area contributed by atoms with Gasteiger partial charge in [-0.05, 0) is 42.3 Å². The van der Waals surface area contributed by atoms with Gasteiger partial charge in [0.1, 0.15) is 6.54 Å². The van der Waals surface area contributed by atoms with E-state index in [0.29, 0.717) is 11.3 Å². The van der Waals surface area contributed by atoms with Crippen LogP contribution in [0.15, 0.2) is 71.6 Å². The minimum Gasteiger partial charge on any atom is -0.465 e. The normalized spacial score (nSPS) is 13.6. The number of hydrogen-bond acceptors (Lipinski definition) is 5. The number of esters is 1. The van der Waals surface area contributed by atoms with Crippen LogP contribution < -0.4 is 9.62 Å². The number of carbonyl (C=O) groups excluding carboxylic acids is 2. The molecule has 0 aliphatic carbocycles. The smallest absolute Gasteiger partial charge is 0.339 e. The van der Waals surface area contributed by atoms with Gasteiger partial charge in [0.25, 0.3) is 10.0 Å². The van der Waals surface area contributed by atoms with Gasteiger partial charge in [-0.1, -0.05) is 43.3 Å². The highest BCUT2D eigenvalue weighted by molar-refractivity contribution is 7.93. The summed E-state index contributed by atoms with van der Waals surface area (Å²) in [5, 5.41) is 2.64. The summed E-state index contributed by atoms with van der Waals surface area (Å²) in [5.74, 6) is -1.17. The molecule has 0 unspecified atom stereocenters. The number of aryl methyl sites for hydroxylation is 1. The second-order valence-corrected chi connectivity index (χ2v) is 9.13. The van der Waals surface area contributed by atoms with Gasteiger partial charge in [-0.3, -0.25) is 9.10 Å². The third-order valence-electron chi connectivity index (χ3n) is 5.38. The van der Waals surface area contributed by atoms with E-state index in [2.05, 4.69) is 5.32 Å². The first kappa shape index (κ1) is 21.6. The van der Waals surface area contributed by atoms with E-state index in [1.54, 1.807) is 48.5 Å². The predicted octanol–water partition coefficient (Wildman–Crippen LogP) is 3.85. The van der Waals surface area contributed by atoms with Gasteiger partial charge in [0.05, 0.1) is 28.9 Å². The first-order valence-corrected chi connectivity index (χ1v) is 11.5. The lowest BCUT2D eigenvalue weighted by molar-refractivity contribution is -0.114. The molecular weight excluding hydrogens is 428 g/mol. The van der Waals surface area contributed by atoms with Gasteiger partial charge in [-0.2, -0.15) is 0 Å². The third kappa shape index (κ3) is 3.73. The van der Waals surface area contributed by atoms with Crippen molar-refractivity contribution in [3.8, 4) is 11.1 Å². The number of amides is 1. The number of anilines is 2. The Balaban J connectivity index is 1.72. The zero-order valence-electron chi connectivity index (χ0n) is 17.7. The standard InChI is InChI=1S/C24H22N2O5S/c1-3-16-12-13-21-19(14-16)17-8-5-7-11-22(17)32(29,30)26(21)15-23(27)25-20-10-6-4-9-18(20)24(28)31-2/h4-14H,3,15H2,1-2H3,(H,25,27). The number of nitrogens with one attached hydrogen (secondary N) is 1. The number of hydrogen-bond donors (Lipinski definition) is 1. The van der Waals surface area contributed by atoms with Crippen LogP contribution in [0, 0.1) is 0 Å². The fourth-order valence-corrected chi connectivity index (χ4v) is 5.42. The highest BCUT2D eigenvalue weighted by atomic mass is 32.2. The molecule has 0 atom stereocenters. The molecule has 0 aromatic heterocycles. The molecule has 7 nitrogen and oxygen atoms in total. The maximum absolute atomic E-state index is 13.4. The number of nitrogens with zero attached hydrogens (tertiary/aromatic N) is 1. The summed E-state index contributed by atoms with van der Waals surface area (Å²) >= 11 is 0. The Labute approximate surface area is 186 Å². The van der Waals surface area contributed by atoms with Crippen LogP contribution >= 0.6 is 0 Å². The Bertz CT molecular complexity index is 1320. The number of methoxy groups -OCH3 is 1. The molecule has 0 radical (unpaired) electrons. The summed E-state index contributed by atoms with van der Waals surface area (Å²) in [5.41, 5.74) is 3.32. The Morgan fingerprint density at radius 2 is 1.69 bits per heavy atom. The predicted molar refractivity (Wildman–Crippen MR) is 122 cm³/mol. The molecule has 4 rings (SSSR count). The molecule has 0 spiro atoms. The molecule has 3 aromatic carbocycles. The lowest BCUT2D eigenvalue weighted by atomic mass is 9.99. The van der Waals surface area contributed by atoms with E-state index < -0.39 is 28.4 Å². The Morgan fingerprint density at radius 1 is 0.969 bits per heavy atom. The first-order chi connectivity index (χ1) is 15.4. The van der Waals surface area contributed by atoms with Crippen LogP contribution in [0.25, 0.3) is 11.1 Å². The van der Waals surface area contributed by atoms with E-state index in [0.717, 1.165) is 21.9 Å². The third-order valence-corrected chi connectivity index (χ3v) is 7.19. The number of rotatable bonds is 5. The van der Waals surface area contributed by atoms with Crippen molar-refractivity contribution in [1.82, 2.24) is 0 Å². The van der Waals surface area contributed by atoms with Crippen LogP contribution in [0.1, 0.15) is 22.8 Å². The molecule has 1 aliphatic heterocycles. The average Bonchev–Trinajstić information content (AvgIpc) is 2.81. The highest BCUT2D eigenvalue weighted by Gasteiger charge is 2.36. The number of ether oxygens (including phenoxy) is 1. The lowest BCUT2D eigenvalue weighted by Crippen LogP contribution is -2.40. The molecule has 164 valence electrons. The summed E-state index contributed by atoms with van der Waals surface area (Å²) in [7, 11) is -2.70. The van der Waals surface area contributed by atoms with Crippen LogP contribution in [0.2, 0.25) is 0 Å². The fraction of sp³-hybridized carbons (Fsp3) is 0.167. The van der Waals surface area contributed by atoms with Crippen LogP contribution in [-0.2, 0) is 26.0 Å². The minimum absolute atomic E-state index is 0.156. The van der Waals surface area contributed by atoms with Crippen molar-refractivity contribution in [3.05, 3.63) is 77.9 Å². The van der Waals surface area contributed by atoms with Crippen molar-refractivity contribution in [1.29, 1.82) is 0 Å². The Morgan fingerprint density at radius 3 is 2.44 bits per heavy atom. The topological polar surface area (TPSA) is 92.8 Å². The molecule has 1 heterocycles. The van der Waals surface area contributed by atoms with E-state index in [1.165, 1.54) is 13.2 Å². The summed E-state index contributed by atoms with van der Waals surface area (Å²) in [6, 6.07) is 18.7. The van der Waals surface area contributed by atoms with Crippen molar-refractivity contribution >= 4 is 33.3 Å². The van der Waals surface area contributed by atoms with Crippen LogP contribution in [0.5, 0.6) is 0 Å². The van der Waals surface area contributed by atoms with Crippen molar-refractivity contribution in [2.24, 2.45) is 0 Å². The number of sulfonamides is 1. The van der Waals surface area contributed by atoms with Gasteiger partial charge < -0.3 is 10.1 Å². The second-order valence-electron chi connectivity index (χ2n) is 7.30. The lowest BCUT2D eigenvalue weighted by Gasteiger charge is -2.32. The minimum atomic E-state index is -3.95. The Hall–Kier alpha value is -3.65. The molecule has 32 heavy (non-hydrogen) atoms. The van der Waals surface area contributed by atoms with E-state index in [1.807, 2.05) is 19.1 Å². The molecule has 0 saturated carbocycles. The summed E-state index contributed by atoms with van der Waals surface area (Å²) < 4.78 is 32.7. The monoisotopic (exact) mass is 450 g/mol. The van der Waals surface area contributed by atoms with Crippen molar-refractivity contribution in [2.75, 3.05) is 23.3 Å². The van der Waals surface area contributed by atoms with Crippen molar-refractivity contribution in [3.63, 3.8) is 0 Å². The van der Waals surface area contributed by atoms with Gasteiger partial charge in [0.15, 0.2) is 0 Å². The number of benzene rings is 3. The van der Waals surface area contributed by atoms with Gasteiger partial charge >= 0.3 is 5.97 Å². The number of para-hydroxylation sites is 1. The quantitative estimate of drug-likeness (QED) is 0.596. The van der Waals surface area contributed by atoms with Gasteiger partial charge in [0, 0.05) is 11.1 Å². The molecule has 0 fully saturated rings. The van der Waals surface area contributed by atoms with Crippen molar-refractivity contribution < 1.29 is 22.7 Å². The zero-order valence-corrected chi connectivity index (χ0v) is 18.5. The molecule has 0 saturated heterocycles. The summed E-state index contributed by atoms with van der Waals surface area (Å²) in [6.45, 7) is 1.59. The summed E-state index contributed by atoms with van der Waals surface area (Å²) in [6.07, 6.45) is 0.799. The maximum Gasteiger partial charge on any atom is 0.339 e. The largest absolute Gasteiger partial charge is 0.465 e.